The molecule has 2 aromatic rings. The summed E-state index contributed by atoms with van der Waals surface area (Å²) in [7, 11) is 0. The van der Waals surface area contributed by atoms with Gasteiger partial charge < -0.3 is 10.4 Å². The summed E-state index contributed by atoms with van der Waals surface area (Å²) >= 11 is 0. The fraction of sp³-hybridized carbons (Fsp3) is 0.429. The van der Waals surface area contributed by atoms with Gasteiger partial charge in [-0.1, -0.05) is 54.6 Å². The third-order valence-corrected chi connectivity index (χ3v) is 5.55. The van der Waals surface area contributed by atoms with Gasteiger partial charge in [0.15, 0.2) is 0 Å². The normalized spacial score (nSPS) is 29.8. The van der Waals surface area contributed by atoms with Crippen LogP contribution in [0, 0.1) is 0 Å². The first-order valence-corrected chi connectivity index (χ1v) is 9.00. The number of nitrogens with one attached hydrogen (secondary N) is 1. The minimum Gasteiger partial charge on any atom is -0.391 e. The van der Waals surface area contributed by atoms with E-state index < -0.39 is 0 Å². The van der Waals surface area contributed by atoms with E-state index in [4.69, 9.17) is 0 Å². The molecule has 3 nitrogen and oxygen atoms in total. The van der Waals surface area contributed by atoms with Gasteiger partial charge in [-0.2, -0.15) is 0 Å². The molecule has 1 heterocycles. The summed E-state index contributed by atoms with van der Waals surface area (Å²) in [5.41, 5.74) is 3.94. The lowest BCUT2D eigenvalue weighted by atomic mass is 10.1. The zero-order valence-electron chi connectivity index (χ0n) is 14.2. The van der Waals surface area contributed by atoms with Crippen LogP contribution in [0.5, 0.6) is 0 Å². The minimum absolute atomic E-state index is 0.0788. The highest BCUT2D eigenvalue weighted by Crippen LogP contribution is 2.33. The summed E-state index contributed by atoms with van der Waals surface area (Å²) in [6.45, 7) is 4.36. The van der Waals surface area contributed by atoms with Crippen LogP contribution in [0.2, 0.25) is 0 Å². The first kappa shape index (κ1) is 15.8. The van der Waals surface area contributed by atoms with Crippen molar-refractivity contribution in [2.75, 3.05) is 6.54 Å². The SMILES string of the molecule is C[C@H]1C[C@@H](N[C@@H]2c3ccccc3C[C@@H]2O)CN1Cc1ccccc1. The number of fused-ring (bicyclic) bond motifs is 1. The number of aliphatic hydroxyl groups excluding tert-OH is 1. The number of nitrogens with zero attached hydrogens (tertiary/aromatic N) is 1. The lowest BCUT2D eigenvalue weighted by Gasteiger charge is -2.23. The number of likely N-dealkylation sites (tertiary alicyclic amines) is 1. The molecule has 0 saturated carbocycles. The van der Waals surface area contributed by atoms with E-state index in [1.54, 1.807) is 0 Å². The second kappa shape index (κ2) is 6.67. The first-order chi connectivity index (χ1) is 11.7. The molecule has 0 unspecified atom stereocenters. The van der Waals surface area contributed by atoms with Crippen LogP contribution in [0.1, 0.15) is 36.1 Å². The van der Waals surface area contributed by atoms with Crippen molar-refractivity contribution >= 4 is 0 Å². The van der Waals surface area contributed by atoms with Crippen molar-refractivity contribution in [2.24, 2.45) is 0 Å². The van der Waals surface area contributed by atoms with E-state index in [1.807, 2.05) is 0 Å². The summed E-state index contributed by atoms with van der Waals surface area (Å²) < 4.78 is 0. The zero-order valence-corrected chi connectivity index (χ0v) is 14.2. The third kappa shape index (κ3) is 3.12. The molecule has 0 bridgehead atoms. The van der Waals surface area contributed by atoms with Crippen LogP contribution in [-0.2, 0) is 13.0 Å². The van der Waals surface area contributed by atoms with E-state index in [2.05, 4.69) is 71.7 Å². The zero-order chi connectivity index (χ0) is 16.5. The predicted octanol–water partition coefficient (Wildman–Crippen LogP) is 2.90. The van der Waals surface area contributed by atoms with Crippen LogP contribution < -0.4 is 5.32 Å². The minimum atomic E-state index is -0.305. The van der Waals surface area contributed by atoms with Crippen molar-refractivity contribution in [1.82, 2.24) is 10.2 Å². The smallest absolute Gasteiger partial charge is 0.0775 e. The van der Waals surface area contributed by atoms with Crippen LogP contribution in [-0.4, -0.2) is 34.7 Å². The molecule has 24 heavy (non-hydrogen) atoms. The van der Waals surface area contributed by atoms with Crippen molar-refractivity contribution in [3.63, 3.8) is 0 Å². The number of hydrogen-bond acceptors (Lipinski definition) is 3. The van der Waals surface area contributed by atoms with Gasteiger partial charge in [0.1, 0.15) is 0 Å². The molecule has 1 fully saturated rings. The van der Waals surface area contributed by atoms with E-state index in [0.29, 0.717) is 12.1 Å². The molecular formula is C21H26N2O. The third-order valence-electron chi connectivity index (χ3n) is 5.55. The molecule has 1 saturated heterocycles. The van der Waals surface area contributed by atoms with Gasteiger partial charge in [0.2, 0.25) is 0 Å². The van der Waals surface area contributed by atoms with Gasteiger partial charge in [-0.15, -0.1) is 0 Å². The number of rotatable bonds is 4. The summed E-state index contributed by atoms with van der Waals surface area (Å²) in [5.74, 6) is 0. The van der Waals surface area contributed by atoms with Crippen LogP contribution >= 0.6 is 0 Å². The molecule has 0 aromatic heterocycles. The Hall–Kier alpha value is -1.68. The molecule has 0 radical (unpaired) electrons. The first-order valence-electron chi connectivity index (χ1n) is 9.00. The van der Waals surface area contributed by atoms with Gasteiger partial charge in [0.25, 0.3) is 0 Å². The van der Waals surface area contributed by atoms with Crippen molar-refractivity contribution in [3.8, 4) is 0 Å². The van der Waals surface area contributed by atoms with Gasteiger partial charge in [-0.3, -0.25) is 4.90 Å². The van der Waals surface area contributed by atoms with Crippen LogP contribution in [0.3, 0.4) is 0 Å². The van der Waals surface area contributed by atoms with E-state index in [-0.39, 0.29) is 12.1 Å². The highest BCUT2D eigenvalue weighted by molar-refractivity contribution is 5.36. The maximum Gasteiger partial charge on any atom is 0.0775 e. The van der Waals surface area contributed by atoms with Crippen LogP contribution in [0.15, 0.2) is 54.6 Å². The maximum absolute atomic E-state index is 10.5. The van der Waals surface area contributed by atoms with Crippen molar-refractivity contribution in [2.45, 2.75) is 50.5 Å². The molecule has 4 rings (SSSR count). The Morgan fingerprint density at radius 1 is 1.08 bits per heavy atom. The van der Waals surface area contributed by atoms with Gasteiger partial charge in [-0.25, -0.2) is 0 Å². The van der Waals surface area contributed by atoms with E-state index in [9.17, 15) is 5.11 Å². The van der Waals surface area contributed by atoms with E-state index in [1.165, 1.54) is 16.7 Å². The van der Waals surface area contributed by atoms with Gasteiger partial charge in [-0.05, 0) is 30.0 Å². The molecule has 1 aliphatic carbocycles. The summed E-state index contributed by atoms with van der Waals surface area (Å²) in [6, 6.07) is 20.2. The summed E-state index contributed by atoms with van der Waals surface area (Å²) in [4.78, 5) is 2.54. The molecule has 1 aliphatic heterocycles. The average Bonchev–Trinajstić information content (AvgIpc) is 3.09. The number of hydrogen-bond donors (Lipinski definition) is 2. The molecule has 126 valence electrons. The van der Waals surface area contributed by atoms with Gasteiger partial charge >= 0.3 is 0 Å². The standard InChI is InChI=1S/C21H26N2O/c1-15-11-18(14-23(15)13-16-7-3-2-4-8-16)22-21-19-10-6-5-9-17(19)12-20(21)24/h2-10,15,18,20-22,24H,11-14H2,1H3/t15-,18+,20-,21+/m0/s1. The Morgan fingerprint density at radius 2 is 1.83 bits per heavy atom. The lowest BCUT2D eigenvalue weighted by Crippen LogP contribution is -2.38. The number of benzene rings is 2. The Kier molecular flexibility index (Phi) is 4.40. The molecular weight excluding hydrogens is 296 g/mol. The fourth-order valence-corrected chi connectivity index (χ4v) is 4.29. The quantitative estimate of drug-likeness (QED) is 0.908. The highest BCUT2D eigenvalue weighted by Gasteiger charge is 2.36. The topological polar surface area (TPSA) is 35.5 Å². The van der Waals surface area contributed by atoms with Gasteiger partial charge in [0.05, 0.1) is 12.1 Å². The molecule has 4 atom stereocenters. The van der Waals surface area contributed by atoms with Crippen molar-refractivity contribution < 1.29 is 5.11 Å². The second-order valence-electron chi connectivity index (χ2n) is 7.31. The second-order valence-corrected chi connectivity index (χ2v) is 7.31. The van der Waals surface area contributed by atoms with Crippen LogP contribution in [0.4, 0.5) is 0 Å². The average molecular weight is 322 g/mol. The largest absolute Gasteiger partial charge is 0.391 e. The van der Waals surface area contributed by atoms with Gasteiger partial charge in [0, 0.05) is 31.6 Å². The predicted molar refractivity (Wildman–Crippen MR) is 96.7 cm³/mol. The van der Waals surface area contributed by atoms with E-state index in [0.717, 1.165) is 25.9 Å². The Morgan fingerprint density at radius 3 is 2.67 bits per heavy atom. The summed E-state index contributed by atoms with van der Waals surface area (Å²) in [5, 5.41) is 14.2. The summed E-state index contributed by atoms with van der Waals surface area (Å²) in [6.07, 6.45) is 1.60. The van der Waals surface area contributed by atoms with Crippen molar-refractivity contribution in [3.05, 3.63) is 71.3 Å². The molecule has 2 aromatic carbocycles. The molecule has 0 amide bonds. The highest BCUT2D eigenvalue weighted by atomic mass is 16.3. The Balaban J connectivity index is 1.42. The Bertz CT molecular complexity index is 687. The maximum atomic E-state index is 10.5. The lowest BCUT2D eigenvalue weighted by molar-refractivity contribution is 0.134. The Labute approximate surface area is 144 Å². The van der Waals surface area contributed by atoms with Crippen molar-refractivity contribution in [1.29, 1.82) is 0 Å². The fourth-order valence-electron chi connectivity index (χ4n) is 4.29. The molecule has 2 N–H and O–H groups in total. The molecule has 2 aliphatic rings. The van der Waals surface area contributed by atoms with Crippen LogP contribution in [0.25, 0.3) is 0 Å². The molecule has 0 spiro atoms. The monoisotopic (exact) mass is 322 g/mol. The van der Waals surface area contributed by atoms with E-state index >= 15 is 0 Å². The molecule has 3 heteroatoms. The number of aliphatic hydroxyl groups is 1.